The number of likely N-dealkylation sites (N-methyl/N-ethyl adjacent to an activating group) is 1. The van der Waals surface area contributed by atoms with Crippen LogP contribution in [0.4, 0.5) is 10.4 Å². The van der Waals surface area contributed by atoms with Crippen LogP contribution in [0.5, 0.6) is 0 Å². The number of thioether (sulfide) groups is 1. The topological polar surface area (TPSA) is 667 Å². The summed E-state index contributed by atoms with van der Waals surface area (Å²) in [5.74, 6) is -9.46. The number of amides is 6. The molecule has 30 atom stereocenters. The Labute approximate surface area is 813 Å². The number of carboxylic acids is 1. The fraction of sp³-hybridized carbons (Fsp3) is 0.817. The van der Waals surface area contributed by atoms with Crippen molar-refractivity contribution in [1.29, 1.82) is 1.45 Å². The molecule has 0 spiro atoms. The van der Waals surface area contributed by atoms with E-state index >= 15 is 0 Å². The molecule has 43 nitrogen and oxygen atoms in total. The van der Waals surface area contributed by atoms with Crippen molar-refractivity contribution in [1.82, 2.24) is 26.6 Å². The minimum Gasteiger partial charge on any atom is -0.477 e. The van der Waals surface area contributed by atoms with Gasteiger partial charge in [-0.3, -0.25) is 57.6 Å². The lowest BCUT2D eigenvalue weighted by Crippen LogP contribution is -2.68. The van der Waals surface area contributed by atoms with Gasteiger partial charge >= 0.3 is 5.97 Å². The van der Waals surface area contributed by atoms with Crippen molar-refractivity contribution in [2.24, 2.45) is 35.0 Å². The smallest absolute Gasteiger partial charge is 0.364 e. The number of carbonyl (C=O) groups is 11. The van der Waals surface area contributed by atoms with Crippen molar-refractivity contribution in [3.63, 3.8) is 0 Å². The molecule has 6 aliphatic heterocycles. The Kier molecular flexibility index (Phi) is 58.7. The van der Waals surface area contributed by atoms with Gasteiger partial charge in [-0.15, -0.1) is 0 Å². The molecule has 798 valence electrons. The van der Waals surface area contributed by atoms with Crippen LogP contribution >= 0.6 is 11.8 Å². The number of carboxylic acid groups (broad SMARTS) is 1. The first kappa shape index (κ1) is 126. The van der Waals surface area contributed by atoms with E-state index in [0.717, 1.165) is 26.2 Å². The molecule has 6 amide bonds. The highest BCUT2D eigenvalue weighted by atomic mass is 32.2. The maximum atomic E-state index is 14.4. The number of aliphatic hydroxyl groups excluding tert-OH is 15. The van der Waals surface area contributed by atoms with E-state index < -0.39 is 234 Å². The predicted molar refractivity (Wildman–Crippen MR) is 497 cm³/mol. The Morgan fingerprint density at radius 2 is 1.17 bits per heavy atom. The number of hydrogen-bond acceptors (Lipinski definition) is 38. The fourth-order valence-electron chi connectivity index (χ4n) is 16.2. The molecule has 6 saturated heterocycles. The Bertz CT molecular complexity index is 3820. The quantitative estimate of drug-likeness (QED) is 0.0223. The number of carbonyl (C=O) groups excluding carboxylic acids is 10. The fourth-order valence-corrected chi connectivity index (χ4v) is 16.6. The standard InChI is InChI=1S/C60H105N3O31.C17H21NO3.C11H21NO2.C4H9NOS.CH4.FH/c1-7-34(69)33(16-10-13-18-85-55-28(3)43(73)46(76)38(23-65)89-55)63-54(82)31(14-8-11-19-87-57-42(62-30(5)68)53(49(79)40(25-67)90-57)93-58-51(81)50(80)47(77)39(24-66)91-58)20-35(70)32(61-6)15-9-12-17-86-56-29(4)44(74)48(78)41(92-56)26-88-60(59(83)84)21-36(71)27(2)52(94-60)45(75)37(72)22-64;1-5-14(19)11-7-6-8-12(9-11)18-15(20)10-13(16(18)21)17(2,3)4;1-3-5-6-7-10(13)8-9-11(14)12-4-2;1-5-4(6)3-7-2;;/h27-29,31-33,36-53,55-58,61,64-67,71-81H,7-26H2,1-6H3,(H,62,68)(H,63,82)(H,83,84);6-9,13H,5,10H2,1-4H3;3-9H2,1-2H3,(H,12,14);3H2,1-2H3,(H,5,6);1H4;1H/t27-,28?,29?,31-,32+,33+,36?,37-,38?,39?,40?,41?,42?,43-,44-,45-,46+,47+,48+,49+,50+,51?,52-,53-,55+,56+,57+,58+,60?;;;;;/m1...../s1/i/hT. The molecule has 6 fully saturated rings. The number of anilines is 1. The van der Waals surface area contributed by atoms with Gasteiger partial charge in [0.15, 0.2) is 42.5 Å². The van der Waals surface area contributed by atoms with Crippen LogP contribution in [0.2, 0.25) is 0 Å². The molecule has 1 aromatic carbocycles. The van der Waals surface area contributed by atoms with E-state index in [9.17, 15) is 134 Å². The number of unbranched alkanes of at least 4 members (excludes halogenated alkanes) is 5. The van der Waals surface area contributed by atoms with E-state index in [1.54, 1.807) is 66.1 Å². The van der Waals surface area contributed by atoms with E-state index in [0.29, 0.717) is 74.9 Å². The van der Waals surface area contributed by atoms with Crippen LogP contribution in [0.15, 0.2) is 24.3 Å². The number of Topliss-reactive ketones (excluding diaryl/α,β-unsaturated/α-hetero) is 4. The first-order valence-corrected chi connectivity index (χ1v) is 48.6. The first-order chi connectivity index (χ1) is 65.3. The summed E-state index contributed by atoms with van der Waals surface area (Å²) in [4.78, 5) is 138. The number of aliphatic carboxylic acids is 1. The largest absolute Gasteiger partial charge is 0.477 e. The van der Waals surface area contributed by atoms with Gasteiger partial charge in [-0.1, -0.05) is 101 Å². The van der Waals surface area contributed by atoms with Gasteiger partial charge in [0.1, 0.15) is 91.2 Å². The number of imide groups is 1. The van der Waals surface area contributed by atoms with Gasteiger partial charge in [-0.25, -0.2) is 4.79 Å². The normalized spacial score (nSPS) is 30.3. The van der Waals surface area contributed by atoms with Gasteiger partial charge < -0.3 is 156 Å². The second-order valence-electron chi connectivity index (χ2n) is 36.3. The van der Waals surface area contributed by atoms with E-state index in [2.05, 4.69) is 35.0 Å². The molecule has 138 heavy (non-hydrogen) atoms. The lowest BCUT2D eigenvalue weighted by molar-refractivity contribution is -0.344. The Morgan fingerprint density at radius 1 is 0.638 bits per heavy atom. The zero-order valence-electron chi connectivity index (χ0n) is 82.2. The number of benzene rings is 1. The molecule has 11 unspecified atom stereocenters. The minimum absolute atomic E-state index is 0. The molecule has 21 N–H and O–H groups in total. The molecule has 0 aliphatic carbocycles. The van der Waals surface area contributed by atoms with E-state index in [4.69, 9.17) is 52.1 Å². The summed E-state index contributed by atoms with van der Waals surface area (Å²) < 4.78 is 71.1. The summed E-state index contributed by atoms with van der Waals surface area (Å²) in [6.45, 7) is 15.9. The Morgan fingerprint density at radius 3 is 1.67 bits per heavy atom. The van der Waals surface area contributed by atoms with Gasteiger partial charge in [0.05, 0.1) is 86.9 Å². The molecule has 7 rings (SSSR count). The van der Waals surface area contributed by atoms with Crippen LogP contribution in [-0.4, -0.2) is 386 Å². The zero-order chi connectivity index (χ0) is 104. The van der Waals surface area contributed by atoms with Crippen LogP contribution in [0.3, 0.4) is 0 Å². The number of hydrogen-bond donors (Lipinski definition) is 21. The zero-order valence-corrected chi connectivity index (χ0v) is 82.0. The highest BCUT2D eigenvalue weighted by Crippen LogP contribution is 2.41. The average Bonchev–Trinajstić information content (AvgIpc) is 1.41. The lowest BCUT2D eigenvalue weighted by Gasteiger charge is -2.47. The number of aliphatic hydroxyl groups is 15. The van der Waals surface area contributed by atoms with Crippen LogP contribution in [0.1, 0.15) is 222 Å². The van der Waals surface area contributed by atoms with E-state index in [1.165, 1.54) is 23.6 Å². The molecule has 0 saturated carbocycles. The Hall–Kier alpha value is -6.37. The third-order valence-corrected chi connectivity index (χ3v) is 25.5. The molecule has 0 bridgehead atoms. The van der Waals surface area contributed by atoms with Gasteiger partial charge in [0, 0.05) is 121 Å². The first-order valence-electron chi connectivity index (χ1n) is 47.6. The summed E-state index contributed by atoms with van der Waals surface area (Å²) in [6, 6.07) is 3.62. The van der Waals surface area contributed by atoms with Gasteiger partial charge in [0.2, 0.25) is 35.4 Å². The van der Waals surface area contributed by atoms with Crippen molar-refractivity contribution in [2.75, 3.05) is 90.4 Å². The molecule has 6 aliphatic rings. The van der Waals surface area contributed by atoms with Crippen molar-refractivity contribution in [3.8, 4) is 0 Å². The predicted octanol–water partition coefficient (Wildman–Crippen LogP) is -0.461. The molecule has 45 heteroatoms. The number of halogens is 1. The van der Waals surface area contributed by atoms with Crippen molar-refractivity contribution >= 4 is 82.0 Å². The third-order valence-electron chi connectivity index (χ3n) is 24.9. The van der Waals surface area contributed by atoms with Crippen LogP contribution in [0.25, 0.3) is 0 Å². The van der Waals surface area contributed by atoms with Crippen LogP contribution in [0, 0.1) is 35.0 Å². The van der Waals surface area contributed by atoms with Crippen molar-refractivity contribution < 1.29 is 187 Å². The molecule has 1 aromatic rings. The third kappa shape index (κ3) is 38.6. The van der Waals surface area contributed by atoms with Gasteiger partial charge in [-0.2, -0.15) is 11.8 Å². The number of nitrogens with zero attached hydrogens (tertiary/aromatic N) is 1. The Balaban J connectivity index is 0.00000118. The summed E-state index contributed by atoms with van der Waals surface area (Å²) in [6.07, 6.45) is -23.0. The SMILES string of the molecule is C.CCC(=O)[C@H](CCCCO[C@H]1OC(CO)[C@H](O)[C@H](O)C1C)NC(=O)[C@H](CCCCO[C@H]1OC(CO)[C@H](O)[C@H](O[C@@H]2OC(CO)[C@H](O)[C@H](O)C2O)C1NC(C)=O)CC(=O)[C@H](CCCCO[C@H]1OC(COC2(C(=O)O)CC(O)[C@@H](C)[C@H]([C@H](O)[C@H](O)CO)O2)[C@H](O)[C@H](O)C1C)NC.CCC(=O)c1cccc(N2C(=O)CC(C(C)(C)C)C2=O)c1.CCCCCC(=O)CCC(=O)NCC.CNC(=O)CSC.[3H]F. The highest BCUT2D eigenvalue weighted by molar-refractivity contribution is 7.99. The van der Waals surface area contributed by atoms with E-state index in [1.807, 2.05) is 34.0 Å². The maximum Gasteiger partial charge on any atom is 0.364 e. The summed E-state index contributed by atoms with van der Waals surface area (Å²) in [7, 11) is 3.20. The lowest BCUT2D eigenvalue weighted by atomic mass is 9.80. The number of rotatable bonds is 52. The van der Waals surface area contributed by atoms with Crippen molar-refractivity contribution in [3.05, 3.63) is 29.8 Å². The number of ketones is 4. The summed E-state index contributed by atoms with van der Waals surface area (Å²) in [5.41, 5.74) is 0.782. The van der Waals surface area contributed by atoms with Gasteiger partial charge in [0.25, 0.3) is 7.24 Å². The maximum absolute atomic E-state index is 14.4. The monoisotopic (exact) mass is 2010 g/mol. The highest BCUT2D eigenvalue weighted by Gasteiger charge is 2.57. The van der Waals surface area contributed by atoms with E-state index in [-0.39, 0.29) is 137 Å². The second kappa shape index (κ2) is 64.4. The van der Waals surface area contributed by atoms with Crippen LogP contribution < -0.4 is 31.5 Å². The summed E-state index contributed by atoms with van der Waals surface area (Å²) >= 11 is 1.52. The molecule has 0 radical (unpaired) electrons. The molecule has 6 heterocycles. The minimum atomic E-state index is -2.62. The molecular formula is C93H161FN6O37S. The molecular weight excluding hydrogens is 1840 g/mol. The average molecular weight is 2010 g/mol. The van der Waals surface area contributed by atoms with Crippen LogP contribution in [-0.2, 0) is 95.3 Å². The molecule has 0 aromatic heterocycles. The number of nitrogens with one attached hydrogen (secondary N) is 5. The van der Waals surface area contributed by atoms with Gasteiger partial charge in [-0.05, 0) is 95.6 Å². The number of ether oxygens (including phenoxy) is 10. The summed E-state index contributed by atoms with van der Waals surface area (Å²) in [5, 5.41) is 180. The second-order valence-corrected chi connectivity index (χ2v) is 37.1. The van der Waals surface area contributed by atoms with Crippen molar-refractivity contribution in [2.45, 2.75) is 365 Å².